The lowest BCUT2D eigenvalue weighted by Crippen LogP contribution is -2.40. The molecular weight excluding hydrogens is 320 g/mol. The number of hydrogen-bond donors (Lipinski definition) is 2. The molecule has 1 saturated heterocycles. The van der Waals surface area contributed by atoms with Crippen LogP contribution in [0.5, 0.6) is 0 Å². The van der Waals surface area contributed by atoms with Crippen molar-refractivity contribution in [2.75, 3.05) is 7.11 Å². The molecule has 5 heteroatoms. The van der Waals surface area contributed by atoms with Crippen molar-refractivity contribution in [3.63, 3.8) is 0 Å². The summed E-state index contributed by atoms with van der Waals surface area (Å²) in [4.78, 5) is 10.5. The van der Waals surface area contributed by atoms with Gasteiger partial charge in [-0.05, 0) is 24.0 Å². The number of methoxy groups -OCH3 is 1. The molecule has 0 radical (unpaired) electrons. The molecule has 1 fully saturated rings. The van der Waals surface area contributed by atoms with Gasteiger partial charge in [-0.3, -0.25) is 0 Å². The summed E-state index contributed by atoms with van der Waals surface area (Å²) in [7, 11) is 1.42. The van der Waals surface area contributed by atoms with E-state index in [4.69, 9.17) is 14.6 Å². The quantitative estimate of drug-likeness (QED) is 0.841. The Kier molecular flexibility index (Phi) is 13.0. The molecule has 1 aliphatic heterocycles. The highest BCUT2D eigenvalue weighted by Gasteiger charge is 2.32. The molecule has 2 N–H and O–H groups in total. The van der Waals surface area contributed by atoms with Gasteiger partial charge < -0.3 is 19.7 Å². The first-order chi connectivity index (χ1) is 12.0. The summed E-state index contributed by atoms with van der Waals surface area (Å²) >= 11 is 0. The number of carbonyl (C=O) groups is 1. The number of aliphatic carboxylic acids is 1. The van der Waals surface area contributed by atoms with Gasteiger partial charge in [-0.15, -0.1) is 0 Å². The van der Waals surface area contributed by atoms with Crippen molar-refractivity contribution in [2.24, 2.45) is 0 Å². The van der Waals surface area contributed by atoms with Crippen LogP contribution < -0.4 is 0 Å². The van der Waals surface area contributed by atoms with E-state index in [0.29, 0.717) is 6.42 Å². The second kappa shape index (κ2) is 13.8. The van der Waals surface area contributed by atoms with Crippen molar-refractivity contribution in [2.45, 2.75) is 78.3 Å². The van der Waals surface area contributed by atoms with Crippen LogP contribution in [0.25, 0.3) is 0 Å². The van der Waals surface area contributed by atoms with E-state index in [-0.39, 0.29) is 6.42 Å². The van der Waals surface area contributed by atoms with Crippen LogP contribution >= 0.6 is 0 Å². The Bertz CT molecular complexity index is 475. The first-order valence-electron chi connectivity index (χ1n) is 9.17. The number of carboxylic acid groups (broad SMARTS) is 1. The van der Waals surface area contributed by atoms with Crippen LogP contribution in [0.1, 0.15) is 58.1 Å². The molecule has 3 atom stereocenters. The number of hydrogen-bond acceptors (Lipinski definition) is 4. The maximum absolute atomic E-state index is 10.5. The number of rotatable bonds is 5. The summed E-state index contributed by atoms with van der Waals surface area (Å²) in [6, 6.07) is 8.87. The summed E-state index contributed by atoms with van der Waals surface area (Å²) < 4.78 is 9.78. The van der Waals surface area contributed by atoms with Gasteiger partial charge in [0.2, 0.25) is 0 Å². The van der Waals surface area contributed by atoms with Gasteiger partial charge in [0.05, 0.1) is 6.10 Å². The molecule has 5 nitrogen and oxygen atoms in total. The first-order valence-corrected chi connectivity index (χ1v) is 9.17. The van der Waals surface area contributed by atoms with Gasteiger partial charge in [-0.2, -0.15) is 0 Å². The Morgan fingerprint density at radius 3 is 2.40 bits per heavy atom. The van der Waals surface area contributed by atoms with Gasteiger partial charge in [0.25, 0.3) is 0 Å². The fourth-order valence-electron chi connectivity index (χ4n) is 2.46. The molecule has 144 valence electrons. The molecule has 25 heavy (non-hydrogen) atoms. The van der Waals surface area contributed by atoms with E-state index in [2.05, 4.69) is 38.1 Å². The van der Waals surface area contributed by atoms with Gasteiger partial charge in [0.15, 0.2) is 12.4 Å². The number of aliphatic hydroxyl groups excluding tert-OH is 1. The number of ether oxygens (including phenoxy) is 2. The van der Waals surface area contributed by atoms with Crippen molar-refractivity contribution in [3.05, 3.63) is 35.4 Å². The molecule has 0 aliphatic carbocycles. The maximum atomic E-state index is 10.5. The van der Waals surface area contributed by atoms with E-state index in [1.54, 1.807) is 0 Å². The summed E-state index contributed by atoms with van der Waals surface area (Å²) in [6.07, 6.45) is 1.88. The molecule has 0 spiro atoms. The minimum atomic E-state index is -1.06. The van der Waals surface area contributed by atoms with E-state index < -0.39 is 24.5 Å². The fraction of sp³-hybridized carbons (Fsp3) is 0.650. The topological polar surface area (TPSA) is 76.0 Å². The predicted molar refractivity (Wildman–Crippen MR) is 99.7 cm³/mol. The van der Waals surface area contributed by atoms with Crippen LogP contribution in [0.3, 0.4) is 0 Å². The maximum Gasteiger partial charge on any atom is 0.333 e. The summed E-state index contributed by atoms with van der Waals surface area (Å²) in [5.41, 5.74) is 2.93. The minimum Gasteiger partial charge on any atom is -0.479 e. The van der Waals surface area contributed by atoms with Crippen LogP contribution in [0.2, 0.25) is 0 Å². The Labute approximate surface area is 152 Å². The van der Waals surface area contributed by atoms with E-state index in [1.807, 2.05) is 13.8 Å². The van der Waals surface area contributed by atoms with Gasteiger partial charge >= 0.3 is 5.97 Å². The fourth-order valence-corrected chi connectivity index (χ4v) is 2.46. The Balaban J connectivity index is 0.000000421. The zero-order valence-electron chi connectivity index (χ0n) is 16.2. The zero-order chi connectivity index (χ0) is 19.2. The minimum absolute atomic E-state index is 0.134. The van der Waals surface area contributed by atoms with Crippen molar-refractivity contribution in [3.8, 4) is 0 Å². The standard InChI is InChI=1S/C11H16.C7H12O5.C2H6/c1-3-6-11-8-5-7-10(4-2)9-11;1-11-6-3-4(8)2-5(12-6)7(9)10;1-2/h5,7-9H,3-4,6H2,1-2H3;4-6,8H,2-3H2,1H3,(H,9,10);1-2H3. The average Bonchev–Trinajstić information content (AvgIpc) is 2.63. The van der Waals surface area contributed by atoms with Gasteiger partial charge in [0, 0.05) is 20.0 Å². The smallest absolute Gasteiger partial charge is 0.333 e. The molecule has 0 amide bonds. The molecule has 1 heterocycles. The lowest BCUT2D eigenvalue weighted by atomic mass is 10.1. The molecule has 2 rings (SSSR count). The van der Waals surface area contributed by atoms with Gasteiger partial charge in [0.1, 0.15) is 0 Å². The van der Waals surface area contributed by atoms with Crippen LogP contribution in [-0.2, 0) is 27.1 Å². The lowest BCUT2D eigenvalue weighted by molar-refractivity contribution is -0.213. The Morgan fingerprint density at radius 1 is 1.24 bits per heavy atom. The highest BCUT2D eigenvalue weighted by molar-refractivity contribution is 5.72. The number of benzene rings is 1. The summed E-state index contributed by atoms with van der Waals surface area (Å²) in [5, 5.41) is 17.8. The second-order valence-corrected chi connectivity index (χ2v) is 5.68. The third-order valence-corrected chi connectivity index (χ3v) is 3.74. The molecule has 1 aromatic rings. The van der Waals surface area contributed by atoms with Crippen molar-refractivity contribution < 1.29 is 24.5 Å². The molecule has 0 saturated carbocycles. The molecular formula is C20H34O5. The SMILES string of the molecule is CC.CCCc1cccc(CC)c1.COC1CC(O)CC(C(=O)O)O1. The predicted octanol–water partition coefficient (Wildman–Crippen LogP) is 3.81. The third-order valence-electron chi connectivity index (χ3n) is 3.74. The normalized spacial score (nSPS) is 22.1. The molecule has 3 unspecified atom stereocenters. The van der Waals surface area contributed by atoms with Gasteiger partial charge in [-0.1, -0.05) is 58.4 Å². The van der Waals surface area contributed by atoms with E-state index in [9.17, 15) is 9.90 Å². The summed E-state index contributed by atoms with van der Waals surface area (Å²) in [6.45, 7) is 8.42. The second-order valence-electron chi connectivity index (χ2n) is 5.68. The highest BCUT2D eigenvalue weighted by atomic mass is 16.7. The monoisotopic (exact) mass is 354 g/mol. The van der Waals surface area contributed by atoms with E-state index >= 15 is 0 Å². The van der Waals surface area contributed by atoms with Crippen LogP contribution in [0.15, 0.2) is 24.3 Å². The van der Waals surface area contributed by atoms with Crippen molar-refractivity contribution in [1.82, 2.24) is 0 Å². The zero-order valence-corrected chi connectivity index (χ0v) is 16.2. The van der Waals surface area contributed by atoms with Crippen LogP contribution in [-0.4, -0.2) is 41.8 Å². The largest absolute Gasteiger partial charge is 0.479 e. The van der Waals surface area contributed by atoms with E-state index in [1.165, 1.54) is 31.1 Å². The molecule has 1 aliphatic rings. The van der Waals surface area contributed by atoms with Crippen molar-refractivity contribution in [1.29, 1.82) is 0 Å². The highest BCUT2D eigenvalue weighted by Crippen LogP contribution is 2.19. The molecule has 1 aromatic carbocycles. The number of aryl methyl sites for hydroxylation is 2. The Hall–Kier alpha value is -1.43. The van der Waals surface area contributed by atoms with Crippen LogP contribution in [0, 0.1) is 0 Å². The molecule has 0 bridgehead atoms. The molecule has 0 aromatic heterocycles. The lowest BCUT2D eigenvalue weighted by Gasteiger charge is -2.29. The third kappa shape index (κ3) is 9.58. The number of carboxylic acids is 1. The van der Waals surface area contributed by atoms with Crippen molar-refractivity contribution >= 4 is 5.97 Å². The van der Waals surface area contributed by atoms with E-state index in [0.717, 1.165) is 6.42 Å². The Morgan fingerprint density at radius 2 is 1.88 bits per heavy atom. The summed E-state index contributed by atoms with van der Waals surface area (Å²) in [5.74, 6) is -1.06. The van der Waals surface area contributed by atoms with Crippen LogP contribution in [0.4, 0.5) is 0 Å². The first kappa shape index (κ1) is 23.6. The average molecular weight is 354 g/mol. The van der Waals surface area contributed by atoms with Gasteiger partial charge in [-0.25, -0.2) is 4.79 Å². The number of aliphatic hydroxyl groups is 1.